The Morgan fingerprint density at radius 1 is 1.00 bits per heavy atom. The van der Waals surface area contributed by atoms with Crippen LogP contribution in [0, 0.1) is 0 Å². The second-order valence-corrected chi connectivity index (χ2v) is 8.64. The van der Waals surface area contributed by atoms with Crippen LogP contribution in [0.5, 0.6) is 0 Å². The van der Waals surface area contributed by atoms with Crippen molar-refractivity contribution in [1.82, 2.24) is 34.3 Å². The van der Waals surface area contributed by atoms with Gasteiger partial charge in [0, 0.05) is 20.3 Å². The zero-order chi connectivity index (χ0) is 24.1. The number of fused-ring (bicyclic) bond motifs is 1. The number of hydrogen-bond acceptors (Lipinski definition) is 6. The van der Waals surface area contributed by atoms with Crippen molar-refractivity contribution in [2.45, 2.75) is 24.0 Å². The van der Waals surface area contributed by atoms with Gasteiger partial charge in [-0.2, -0.15) is 22.0 Å². The minimum atomic E-state index is -5.81. The Bertz CT molecular complexity index is 1330. The van der Waals surface area contributed by atoms with Gasteiger partial charge < -0.3 is 9.13 Å². The van der Waals surface area contributed by atoms with Gasteiger partial charge in [0.15, 0.2) is 17.3 Å². The third kappa shape index (κ3) is 3.92. The molecule has 0 aliphatic heterocycles. The fraction of sp³-hybridized carbons (Fsp3) is 0.316. The molecular formula is C19H15ClF5N7S. The van der Waals surface area contributed by atoms with E-state index in [2.05, 4.69) is 25.1 Å². The molecule has 4 heterocycles. The van der Waals surface area contributed by atoms with Crippen LogP contribution in [0.3, 0.4) is 0 Å². The van der Waals surface area contributed by atoms with E-state index < -0.39 is 17.8 Å². The van der Waals surface area contributed by atoms with Crippen LogP contribution in [0.2, 0.25) is 5.02 Å². The van der Waals surface area contributed by atoms with Crippen LogP contribution in [0.15, 0.2) is 29.4 Å². The summed E-state index contributed by atoms with van der Waals surface area (Å²) in [6.07, 6.45) is -4.33. The maximum atomic E-state index is 13.8. The smallest absolute Gasteiger partial charge is 0.320 e. The Morgan fingerprint density at radius 2 is 1.73 bits per heavy atom. The predicted octanol–water partition coefficient (Wildman–Crippen LogP) is 5.25. The summed E-state index contributed by atoms with van der Waals surface area (Å²) >= 11 is 7.38. The third-order valence-electron chi connectivity index (χ3n) is 4.79. The third-order valence-corrected chi connectivity index (χ3v) is 6.04. The first-order valence-corrected chi connectivity index (χ1v) is 10.8. The fourth-order valence-electron chi connectivity index (χ4n) is 3.16. The van der Waals surface area contributed by atoms with Crippen LogP contribution in [-0.4, -0.2) is 46.2 Å². The normalized spacial score (nSPS) is 12.6. The lowest BCUT2D eigenvalue weighted by Gasteiger charge is -2.17. The molecule has 0 atom stereocenters. The highest BCUT2D eigenvalue weighted by molar-refractivity contribution is 7.99. The first kappa shape index (κ1) is 23.4. The van der Waals surface area contributed by atoms with Crippen LogP contribution in [0.1, 0.15) is 12.6 Å². The van der Waals surface area contributed by atoms with Gasteiger partial charge in [-0.15, -0.1) is 22.0 Å². The predicted molar refractivity (Wildman–Crippen MR) is 113 cm³/mol. The van der Waals surface area contributed by atoms with Gasteiger partial charge in [-0.25, -0.2) is 9.97 Å². The molecule has 0 bridgehead atoms. The highest BCUT2D eigenvalue weighted by Gasteiger charge is 2.60. The number of aromatic nitrogens is 7. The Kier molecular flexibility index (Phi) is 5.81. The highest BCUT2D eigenvalue weighted by Crippen LogP contribution is 2.43. The minimum absolute atomic E-state index is 0.0380. The molecule has 14 heteroatoms. The van der Waals surface area contributed by atoms with E-state index >= 15 is 0 Å². The van der Waals surface area contributed by atoms with Crippen molar-refractivity contribution >= 4 is 34.5 Å². The van der Waals surface area contributed by atoms with E-state index in [1.807, 2.05) is 6.92 Å². The summed E-state index contributed by atoms with van der Waals surface area (Å²) in [4.78, 5) is 13.2. The largest absolute Gasteiger partial charge is 0.459 e. The van der Waals surface area contributed by atoms with E-state index in [-0.39, 0.29) is 17.0 Å². The average molecular weight is 504 g/mol. The summed E-state index contributed by atoms with van der Waals surface area (Å²) < 4.78 is 69.1. The Labute approximate surface area is 193 Å². The monoisotopic (exact) mass is 503 g/mol. The number of aryl methyl sites for hydroxylation is 1. The van der Waals surface area contributed by atoms with Crippen LogP contribution in [0.25, 0.3) is 34.2 Å². The number of thioether (sulfide) groups is 1. The quantitative estimate of drug-likeness (QED) is 0.274. The molecule has 0 saturated heterocycles. The molecule has 0 amide bonds. The van der Waals surface area contributed by atoms with E-state index in [9.17, 15) is 22.0 Å². The van der Waals surface area contributed by atoms with Gasteiger partial charge in [0.1, 0.15) is 27.6 Å². The Hall–Kier alpha value is -2.80. The SMILES string of the molecule is CCSc1c(-c2nc3cc(C(F)(F)C(F)(F)F)nnc3n2C)nc(-c2ccc(Cl)cn2)n1C. The second-order valence-electron chi connectivity index (χ2n) is 6.95. The van der Waals surface area contributed by atoms with Crippen LogP contribution < -0.4 is 0 Å². The lowest BCUT2D eigenvalue weighted by Crippen LogP contribution is -2.34. The van der Waals surface area contributed by atoms with Gasteiger partial charge in [-0.3, -0.25) is 4.98 Å². The van der Waals surface area contributed by atoms with E-state index in [1.54, 1.807) is 30.8 Å². The average Bonchev–Trinajstić information content (AvgIpc) is 3.25. The van der Waals surface area contributed by atoms with Crippen LogP contribution in [-0.2, 0) is 20.0 Å². The molecule has 0 saturated carbocycles. The lowest BCUT2D eigenvalue weighted by molar-refractivity contribution is -0.291. The number of pyridine rings is 1. The van der Waals surface area contributed by atoms with Gasteiger partial charge in [0.25, 0.3) is 0 Å². The number of rotatable bonds is 5. The first-order chi connectivity index (χ1) is 15.5. The molecule has 0 spiro atoms. The van der Waals surface area contributed by atoms with Crippen molar-refractivity contribution in [2.75, 3.05) is 5.75 Å². The number of imidazole rings is 2. The summed E-state index contributed by atoms with van der Waals surface area (Å²) in [5.41, 5.74) is -0.707. The molecule has 4 aromatic heterocycles. The summed E-state index contributed by atoms with van der Waals surface area (Å²) in [5.74, 6) is -3.74. The molecule has 33 heavy (non-hydrogen) atoms. The molecule has 4 aromatic rings. The summed E-state index contributed by atoms with van der Waals surface area (Å²) in [6.45, 7) is 1.94. The molecule has 0 aliphatic carbocycles. The number of nitrogens with zero attached hydrogens (tertiary/aromatic N) is 7. The van der Waals surface area contributed by atoms with Crippen molar-refractivity contribution in [3.8, 4) is 23.0 Å². The molecular weight excluding hydrogens is 489 g/mol. The topological polar surface area (TPSA) is 74.3 Å². The number of halogens is 6. The summed E-state index contributed by atoms with van der Waals surface area (Å²) in [7, 11) is 3.33. The van der Waals surface area contributed by atoms with Crippen molar-refractivity contribution in [3.05, 3.63) is 35.1 Å². The van der Waals surface area contributed by atoms with E-state index in [0.717, 1.165) is 0 Å². The zero-order valence-electron chi connectivity index (χ0n) is 17.3. The van der Waals surface area contributed by atoms with Crippen LogP contribution >= 0.6 is 23.4 Å². The molecule has 0 unspecified atom stereocenters. The maximum absolute atomic E-state index is 13.8. The van der Waals surface area contributed by atoms with Crippen molar-refractivity contribution in [3.63, 3.8) is 0 Å². The standard InChI is InChI=1S/C19H15ClF5N7S/c1-4-33-17-13(28-14(32(17)3)10-6-5-9(20)8-26-10)16-27-11-7-12(18(21,22)19(23,24)25)29-30-15(11)31(16)2/h5-8H,4H2,1-3H3. The molecule has 0 N–H and O–H groups in total. The van der Waals surface area contributed by atoms with Crippen molar-refractivity contribution in [1.29, 1.82) is 0 Å². The molecule has 7 nitrogen and oxygen atoms in total. The molecule has 174 valence electrons. The van der Waals surface area contributed by atoms with E-state index in [0.29, 0.717) is 39.1 Å². The molecule has 0 aromatic carbocycles. The number of hydrogen-bond donors (Lipinski definition) is 0. The van der Waals surface area contributed by atoms with E-state index in [4.69, 9.17) is 11.6 Å². The highest BCUT2D eigenvalue weighted by atomic mass is 35.5. The number of alkyl halides is 5. The summed E-state index contributed by atoms with van der Waals surface area (Å²) in [6, 6.07) is 3.95. The van der Waals surface area contributed by atoms with Crippen molar-refractivity contribution < 1.29 is 22.0 Å². The first-order valence-electron chi connectivity index (χ1n) is 9.42. The zero-order valence-corrected chi connectivity index (χ0v) is 18.9. The maximum Gasteiger partial charge on any atom is 0.459 e. The molecule has 0 fully saturated rings. The molecule has 0 aliphatic rings. The van der Waals surface area contributed by atoms with E-state index in [1.165, 1.54) is 22.5 Å². The summed E-state index contributed by atoms with van der Waals surface area (Å²) in [5, 5.41) is 7.86. The van der Waals surface area contributed by atoms with Crippen molar-refractivity contribution in [2.24, 2.45) is 14.1 Å². The Balaban J connectivity index is 1.89. The second kappa shape index (κ2) is 8.20. The minimum Gasteiger partial charge on any atom is -0.320 e. The van der Waals surface area contributed by atoms with Gasteiger partial charge in [0.2, 0.25) is 0 Å². The van der Waals surface area contributed by atoms with Gasteiger partial charge in [-0.05, 0) is 24.0 Å². The molecule has 4 rings (SSSR count). The van der Waals surface area contributed by atoms with Gasteiger partial charge >= 0.3 is 12.1 Å². The van der Waals surface area contributed by atoms with Crippen LogP contribution in [0.4, 0.5) is 22.0 Å². The fourth-order valence-corrected chi connectivity index (χ4v) is 4.10. The molecule has 0 radical (unpaired) electrons. The Morgan fingerprint density at radius 3 is 2.33 bits per heavy atom. The van der Waals surface area contributed by atoms with Gasteiger partial charge in [0.05, 0.1) is 5.02 Å². The van der Waals surface area contributed by atoms with Gasteiger partial charge in [-0.1, -0.05) is 18.5 Å². The lowest BCUT2D eigenvalue weighted by atomic mass is 10.2.